The molecule has 2 aromatic rings. The summed E-state index contributed by atoms with van der Waals surface area (Å²) in [6.45, 7) is 4.04. The lowest BCUT2D eigenvalue weighted by Crippen LogP contribution is -2.47. The molecule has 0 unspecified atom stereocenters. The minimum atomic E-state index is -0.606. The molecule has 0 aliphatic carbocycles. The van der Waals surface area contributed by atoms with E-state index < -0.39 is 6.04 Å². The summed E-state index contributed by atoms with van der Waals surface area (Å²) >= 11 is 0. The molecule has 0 fully saturated rings. The number of ether oxygens (including phenoxy) is 1. The zero-order valence-corrected chi connectivity index (χ0v) is 14.8. The SMILES string of the molecule is COc1ccc2cc(CNC(=O)CNC(=O)[C@@H](N)C(C)C)ccc2c1. The lowest BCUT2D eigenvalue weighted by molar-refractivity contribution is -0.127. The van der Waals surface area contributed by atoms with Gasteiger partial charge in [0, 0.05) is 6.54 Å². The lowest BCUT2D eigenvalue weighted by atomic mass is 10.1. The molecule has 6 nitrogen and oxygen atoms in total. The number of amides is 2. The van der Waals surface area contributed by atoms with Gasteiger partial charge in [-0.2, -0.15) is 0 Å². The summed E-state index contributed by atoms with van der Waals surface area (Å²) < 4.78 is 5.21. The van der Waals surface area contributed by atoms with Crippen LogP contribution in [0.15, 0.2) is 36.4 Å². The first kappa shape index (κ1) is 18.7. The van der Waals surface area contributed by atoms with Gasteiger partial charge in [0.2, 0.25) is 11.8 Å². The molecule has 1 atom stereocenters. The molecule has 0 spiro atoms. The van der Waals surface area contributed by atoms with Crippen molar-refractivity contribution in [3.63, 3.8) is 0 Å². The second-order valence-electron chi connectivity index (χ2n) is 6.31. The van der Waals surface area contributed by atoms with E-state index in [2.05, 4.69) is 10.6 Å². The maximum absolute atomic E-state index is 11.9. The maximum Gasteiger partial charge on any atom is 0.239 e. The molecular weight excluding hydrogens is 318 g/mol. The van der Waals surface area contributed by atoms with Crippen molar-refractivity contribution in [3.05, 3.63) is 42.0 Å². The Kier molecular flexibility index (Phi) is 6.36. The Morgan fingerprint density at radius 2 is 1.76 bits per heavy atom. The van der Waals surface area contributed by atoms with Gasteiger partial charge < -0.3 is 21.1 Å². The Morgan fingerprint density at radius 3 is 2.44 bits per heavy atom. The monoisotopic (exact) mass is 343 g/mol. The first-order valence-corrected chi connectivity index (χ1v) is 8.27. The Bertz CT molecular complexity index is 759. The third kappa shape index (κ3) is 5.19. The molecule has 0 saturated carbocycles. The highest BCUT2D eigenvalue weighted by atomic mass is 16.5. The molecule has 134 valence electrons. The smallest absolute Gasteiger partial charge is 0.239 e. The average Bonchev–Trinajstić information content (AvgIpc) is 2.62. The number of carbonyl (C=O) groups is 2. The number of benzene rings is 2. The van der Waals surface area contributed by atoms with E-state index >= 15 is 0 Å². The number of carbonyl (C=O) groups excluding carboxylic acids is 2. The number of methoxy groups -OCH3 is 1. The van der Waals surface area contributed by atoms with Crippen LogP contribution in [0, 0.1) is 5.92 Å². The van der Waals surface area contributed by atoms with E-state index in [-0.39, 0.29) is 24.3 Å². The number of fused-ring (bicyclic) bond motifs is 1. The quantitative estimate of drug-likeness (QED) is 0.711. The number of rotatable bonds is 7. The maximum atomic E-state index is 11.9. The van der Waals surface area contributed by atoms with Crippen molar-refractivity contribution in [2.45, 2.75) is 26.4 Å². The molecule has 6 heteroatoms. The standard InChI is InChI=1S/C19H25N3O3/c1-12(2)18(20)19(24)22-11-17(23)21-10-13-4-5-15-9-16(25-3)7-6-14(15)8-13/h4-9,12,18H,10-11,20H2,1-3H3,(H,21,23)(H,22,24)/t18-/m0/s1. The van der Waals surface area contributed by atoms with Crippen LogP contribution >= 0.6 is 0 Å². The summed E-state index contributed by atoms with van der Waals surface area (Å²) in [5, 5.41) is 7.49. The zero-order valence-electron chi connectivity index (χ0n) is 14.8. The minimum Gasteiger partial charge on any atom is -0.497 e. The van der Waals surface area contributed by atoms with Crippen molar-refractivity contribution in [2.24, 2.45) is 11.7 Å². The molecule has 0 radical (unpaired) electrons. The molecule has 0 aromatic heterocycles. The van der Waals surface area contributed by atoms with Crippen LogP contribution in [0.3, 0.4) is 0 Å². The van der Waals surface area contributed by atoms with Crippen molar-refractivity contribution in [1.82, 2.24) is 10.6 Å². The normalized spacial score (nSPS) is 12.0. The van der Waals surface area contributed by atoms with Gasteiger partial charge in [-0.05, 0) is 40.5 Å². The molecule has 4 N–H and O–H groups in total. The van der Waals surface area contributed by atoms with Gasteiger partial charge in [-0.1, -0.05) is 32.0 Å². The molecular formula is C19H25N3O3. The van der Waals surface area contributed by atoms with Gasteiger partial charge in [0.1, 0.15) is 5.75 Å². The fourth-order valence-corrected chi connectivity index (χ4v) is 2.36. The van der Waals surface area contributed by atoms with Crippen molar-refractivity contribution < 1.29 is 14.3 Å². The predicted molar refractivity (Wildman–Crippen MR) is 98.2 cm³/mol. The molecule has 2 rings (SSSR count). The molecule has 2 aromatic carbocycles. The zero-order chi connectivity index (χ0) is 18.4. The minimum absolute atomic E-state index is 0.0271. The number of nitrogens with one attached hydrogen (secondary N) is 2. The van der Waals surface area contributed by atoms with Crippen LogP contribution in [0.25, 0.3) is 10.8 Å². The number of hydrogen-bond donors (Lipinski definition) is 3. The predicted octanol–water partition coefficient (Wildman–Crippen LogP) is 1.56. The molecule has 0 bridgehead atoms. The van der Waals surface area contributed by atoms with E-state index in [0.29, 0.717) is 6.54 Å². The van der Waals surface area contributed by atoms with Gasteiger partial charge in [0.05, 0.1) is 19.7 Å². The van der Waals surface area contributed by atoms with Crippen LogP contribution in [0.4, 0.5) is 0 Å². The largest absolute Gasteiger partial charge is 0.497 e. The Labute approximate surface area is 147 Å². The average molecular weight is 343 g/mol. The van der Waals surface area contributed by atoms with Crippen LogP contribution < -0.4 is 21.1 Å². The third-order valence-corrected chi connectivity index (χ3v) is 4.05. The van der Waals surface area contributed by atoms with Crippen molar-refractivity contribution in [1.29, 1.82) is 0 Å². The second-order valence-corrected chi connectivity index (χ2v) is 6.31. The highest BCUT2D eigenvalue weighted by Gasteiger charge is 2.17. The van der Waals surface area contributed by atoms with Crippen LogP contribution in [-0.2, 0) is 16.1 Å². The summed E-state index contributed by atoms with van der Waals surface area (Å²) in [6.07, 6.45) is 0. The van der Waals surface area contributed by atoms with Crippen molar-refractivity contribution in [2.75, 3.05) is 13.7 Å². The van der Waals surface area contributed by atoms with Crippen molar-refractivity contribution in [3.8, 4) is 5.75 Å². The summed E-state index contributed by atoms with van der Waals surface area (Å²) in [5.41, 5.74) is 6.71. The summed E-state index contributed by atoms with van der Waals surface area (Å²) in [6, 6.07) is 11.2. The molecule has 0 aliphatic heterocycles. The van der Waals surface area contributed by atoms with Crippen LogP contribution in [-0.4, -0.2) is 31.5 Å². The lowest BCUT2D eigenvalue weighted by Gasteiger charge is -2.15. The van der Waals surface area contributed by atoms with E-state index in [4.69, 9.17) is 10.5 Å². The Balaban J connectivity index is 1.87. The van der Waals surface area contributed by atoms with Crippen LogP contribution in [0.2, 0.25) is 0 Å². The molecule has 0 aliphatic rings. The topological polar surface area (TPSA) is 93.5 Å². The highest BCUT2D eigenvalue weighted by molar-refractivity contribution is 5.87. The van der Waals surface area contributed by atoms with E-state index in [1.54, 1.807) is 7.11 Å². The highest BCUT2D eigenvalue weighted by Crippen LogP contribution is 2.21. The Hall–Kier alpha value is -2.60. The fourth-order valence-electron chi connectivity index (χ4n) is 2.36. The summed E-state index contributed by atoms with van der Waals surface area (Å²) in [4.78, 5) is 23.6. The van der Waals surface area contributed by atoms with Gasteiger partial charge in [-0.15, -0.1) is 0 Å². The first-order valence-electron chi connectivity index (χ1n) is 8.27. The number of nitrogens with two attached hydrogens (primary N) is 1. The van der Waals surface area contributed by atoms with E-state index in [1.165, 1.54) is 0 Å². The Morgan fingerprint density at radius 1 is 1.08 bits per heavy atom. The van der Waals surface area contributed by atoms with Crippen LogP contribution in [0.1, 0.15) is 19.4 Å². The molecule has 0 saturated heterocycles. The molecule has 0 heterocycles. The van der Waals surface area contributed by atoms with Gasteiger partial charge in [-0.3, -0.25) is 9.59 Å². The molecule has 25 heavy (non-hydrogen) atoms. The van der Waals surface area contributed by atoms with E-state index in [0.717, 1.165) is 22.1 Å². The van der Waals surface area contributed by atoms with E-state index in [9.17, 15) is 9.59 Å². The van der Waals surface area contributed by atoms with Gasteiger partial charge >= 0.3 is 0 Å². The fraction of sp³-hybridized carbons (Fsp3) is 0.368. The van der Waals surface area contributed by atoms with Crippen LogP contribution in [0.5, 0.6) is 5.75 Å². The summed E-state index contributed by atoms with van der Waals surface area (Å²) in [5.74, 6) is 0.270. The van der Waals surface area contributed by atoms with Gasteiger partial charge in [-0.25, -0.2) is 0 Å². The second kappa shape index (κ2) is 8.48. The van der Waals surface area contributed by atoms with Gasteiger partial charge in [0.15, 0.2) is 0 Å². The van der Waals surface area contributed by atoms with Crippen molar-refractivity contribution >= 4 is 22.6 Å². The number of hydrogen-bond acceptors (Lipinski definition) is 4. The van der Waals surface area contributed by atoms with E-state index in [1.807, 2.05) is 50.2 Å². The van der Waals surface area contributed by atoms with Gasteiger partial charge in [0.25, 0.3) is 0 Å². The third-order valence-electron chi connectivity index (χ3n) is 4.05. The molecule has 2 amide bonds. The first-order chi connectivity index (χ1) is 11.9. The summed E-state index contributed by atoms with van der Waals surface area (Å²) in [7, 11) is 1.64.